The van der Waals surface area contributed by atoms with Gasteiger partial charge in [0.2, 0.25) is 5.91 Å². The van der Waals surface area contributed by atoms with Crippen molar-refractivity contribution in [3.05, 3.63) is 35.6 Å². The smallest absolute Gasteiger partial charge is 0.303 e. The molecule has 25 heavy (non-hydrogen) atoms. The van der Waals surface area contributed by atoms with Crippen molar-refractivity contribution in [3.63, 3.8) is 0 Å². The molecule has 8 heteroatoms. The number of rotatable bonds is 7. The van der Waals surface area contributed by atoms with Crippen LogP contribution in [0.5, 0.6) is 0 Å². The van der Waals surface area contributed by atoms with Crippen LogP contribution in [0.4, 0.5) is 4.39 Å². The summed E-state index contributed by atoms with van der Waals surface area (Å²) in [6.45, 7) is 1.72. The fourth-order valence-electron chi connectivity index (χ4n) is 2.56. The number of nitrogens with zero attached hydrogens (tertiary/aromatic N) is 1. The Morgan fingerprint density at radius 1 is 1.20 bits per heavy atom. The molecule has 1 heterocycles. The standard InChI is InChI=1S/C17H21FN2O5/c18-13-6-4-12(5-7-13)16(23)19-14(2-1-3-15(21)22)17(24)20-8-10-25-11-9-20/h4-7,14H,1-3,8-11H2,(H,19,23)(H,21,22). The van der Waals surface area contributed by atoms with Gasteiger partial charge in [-0.15, -0.1) is 0 Å². The van der Waals surface area contributed by atoms with Crippen molar-refractivity contribution in [1.82, 2.24) is 10.2 Å². The van der Waals surface area contributed by atoms with Crippen molar-refractivity contribution in [2.45, 2.75) is 25.3 Å². The second-order valence-electron chi connectivity index (χ2n) is 5.76. The molecule has 0 bridgehead atoms. The second-order valence-corrected chi connectivity index (χ2v) is 5.76. The van der Waals surface area contributed by atoms with Gasteiger partial charge in [-0.1, -0.05) is 0 Å². The van der Waals surface area contributed by atoms with E-state index in [0.29, 0.717) is 26.3 Å². The number of ether oxygens (including phenoxy) is 1. The van der Waals surface area contributed by atoms with Crippen LogP contribution in [0.25, 0.3) is 0 Å². The molecule has 1 atom stereocenters. The molecular weight excluding hydrogens is 331 g/mol. The number of morpholine rings is 1. The van der Waals surface area contributed by atoms with Crippen LogP contribution in [0.1, 0.15) is 29.6 Å². The summed E-state index contributed by atoms with van der Waals surface area (Å²) < 4.78 is 18.2. The Kier molecular flexibility index (Phi) is 6.88. The first-order valence-electron chi connectivity index (χ1n) is 8.12. The highest BCUT2D eigenvalue weighted by molar-refractivity contribution is 5.97. The van der Waals surface area contributed by atoms with Crippen LogP contribution in [0.2, 0.25) is 0 Å². The van der Waals surface area contributed by atoms with Crippen LogP contribution in [-0.4, -0.2) is 60.1 Å². The van der Waals surface area contributed by atoms with E-state index < -0.39 is 23.7 Å². The molecule has 1 aliphatic heterocycles. The minimum Gasteiger partial charge on any atom is -0.481 e. The van der Waals surface area contributed by atoms with Gasteiger partial charge in [0, 0.05) is 25.1 Å². The summed E-state index contributed by atoms with van der Waals surface area (Å²) in [5.41, 5.74) is 0.236. The third kappa shape index (κ3) is 5.82. The molecular formula is C17H21FN2O5. The highest BCUT2D eigenvalue weighted by Crippen LogP contribution is 2.10. The van der Waals surface area contributed by atoms with Gasteiger partial charge in [0.25, 0.3) is 5.91 Å². The third-order valence-corrected chi connectivity index (χ3v) is 3.92. The van der Waals surface area contributed by atoms with Crippen LogP contribution in [0, 0.1) is 5.82 Å². The molecule has 0 aliphatic carbocycles. The van der Waals surface area contributed by atoms with Gasteiger partial charge in [0.1, 0.15) is 11.9 Å². The summed E-state index contributed by atoms with van der Waals surface area (Å²) in [6.07, 6.45) is 0.397. The zero-order valence-electron chi connectivity index (χ0n) is 13.7. The van der Waals surface area contributed by atoms with Crippen LogP contribution in [0.15, 0.2) is 24.3 Å². The topological polar surface area (TPSA) is 95.9 Å². The van der Waals surface area contributed by atoms with Gasteiger partial charge in [-0.25, -0.2) is 4.39 Å². The largest absolute Gasteiger partial charge is 0.481 e. The number of carbonyl (C=O) groups is 3. The van der Waals surface area contributed by atoms with Crippen molar-refractivity contribution in [1.29, 1.82) is 0 Å². The van der Waals surface area contributed by atoms with E-state index in [1.807, 2.05) is 0 Å². The Hall–Kier alpha value is -2.48. The predicted octanol–water partition coefficient (Wildman–Crippen LogP) is 1.04. The summed E-state index contributed by atoms with van der Waals surface area (Å²) in [5.74, 6) is -2.17. The lowest BCUT2D eigenvalue weighted by molar-refractivity contribution is -0.139. The first kappa shape index (κ1) is 18.9. The summed E-state index contributed by atoms with van der Waals surface area (Å²) >= 11 is 0. The first-order valence-corrected chi connectivity index (χ1v) is 8.12. The van der Waals surface area contributed by atoms with E-state index >= 15 is 0 Å². The maximum atomic E-state index is 13.0. The van der Waals surface area contributed by atoms with E-state index in [9.17, 15) is 18.8 Å². The van der Waals surface area contributed by atoms with Crippen LogP contribution in [-0.2, 0) is 14.3 Å². The molecule has 1 aliphatic rings. The summed E-state index contributed by atoms with van der Waals surface area (Å²) in [7, 11) is 0. The molecule has 0 saturated carbocycles. The van der Waals surface area contributed by atoms with Gasteiger partial charge < -0.3 is 20.1 Å². The zero-order chi connectivity index (χ0) is 18.2. The number of hydrogen-bond donors (Lipinski definition) is 2. The first-order chi connectivity index (χ1) is 12.0. The summed E-state index contributed by atoms with van der Waals surface area (Å²) in [4.78, 5) is 37.2. The lowest BCUT2D eigenvalue weighted by Gasteiger charge is -2.30. The lowest BCUT2D eigenvalue weighted by Crippen LogP contribution is -2.51. The normalized spacial score (nSPS) is 15.5. The molecule has 136 valence electrons. The van der Waals surface area contributed by atoms with Gasteiger partial charge in [0.15, 0.2) is 0 Å². The molecule has 1 saturated heterocycles. The van der Waals surface area contributed by atoms with Crippen molar-refractivity contribution in [2.24, 2.45) is 0 Å². The minimum atomic E-state index is -0.956. The Balaban J connectivity index is 2.03. The van der Waals surface area contributed by atoms with Crippen LogP contribution >= 0.6 is 0 Å². The average molecular weight is 352 g/mol. The molecule has 0 aromatic heterocycles. The number of benzene rings is 1. The Morgan fingerprint density at radius 2 is 1.84 bits per heavy atom. The Bertz CT molecular complexity index is 614. The molecule has 0 radical (unpaired) electrons. The van der Waals surface area contributed by atoms with E-state index in [1.165, 1.54) is 12.1 Å². The summed E-state index contributed by atoms with van der Waals surface area (Å²) in [5, 5.41) is 11.4. The number of halogens is 1. The molecule has 1 aromatic rings. The number of carbonyl (C=O) groups excluding carboxylic acids is 2. The van der Waals surface area contributed by atoms with Gasteiger partial charge in [0.05, 0.1) is 13.2 Å². The highest BCUT2D eigenvalue weighted by atomic mass is 19.1. The van der Waals surface area contributed by atoms with Crippen molar-refractivity contribution < 1.29 is 28.6 Å². The zero-order valence-corrected chi connectivity index (χ0v) is 13.7. The molecule has 0 spiro atoms. The monoisotopic (exact) mass is 352 g/mol. The van der Waals surface area contributed by atoms with Gasteiger partial charge in [-0.3, -0.25) is 14.4 Å². The minimum absolute atomic E-state index is 0.0840. The van der Waals surface area contributed by atoms with E-state index in [4.69, 9.17) is 9.84 Å². The predicted molar refractivity (Wildman–Crippen MR) is 86.5 cm³/mol. The van der Waals surface area contributed by atoms with Crippen molar-refractivity contribution >= 4 is 17.8 Å². The quantitative estimate of drug-likeness (QED) is 0.764. The molecule has 7 nitrogen and oxygen atoms in total. The molecule has 1 fully saturated rings. The fraction of sp³-hybridized carbons (Fsp3) is 0.471. The number of amides is 2. The number of carboxylic acid groups (broad SMARTS) is 1. The highest BCUT2D eigenvalue weighted by Gasteiger charge is 2.27. The van der Waals surface area contributed by atoms with Gasteiger partial charge in [-0.05, 0) is 37.1 Å². The van der Waals surface area contributed by atoms with Crippen LogP contribution in [0.3, 0.4) is 0 Å². The van der Waals surface area contributed by atoms with E-state index in [2.05, 4.69) is 5.32 Å². The SMILES string of the molecule is O=C(O)CCCC(NC(=O)c1ccc(F)cc1)C(=O)N1CCOCC1. The lowest BCUT2D eigenvalue weighted by atomic mass is 10.1. The van der Waals surface area contributed by atoms with Crippen LogP contribution < -0.4 is 5.32 Å². The van der Waals surface area contributed by atoms with Gasteiger partial charge >= 0.3 is 5.97 Å². The molecule has 1 unspecified atom stereocenters. The number of nitrogens with one attached hydrogen (secondary N) is 1. The Morgan fingerprint density at radius 3 is 2.44 bits per heavy atom. The molecule has 2 rings (SSSR count). The second kappa shape index (κ2) is 9.12. The van der Waals surface area contributed by atoms with Crippen molar-refractivity contribution in [2.75, 3.05) is 26.3 Å². The van der Waals surface area contributed by atoms with E-state index in [1.54, 1.807) is 4.90 Å². The maximum Gasteiger partial charge on any atom is 0.303 e. The maximum absolute atomic E-state index is 13.0. The number of aliphatic carboxylic acids is 1. The third-order valence-electron chi connectivity index (χ3n) is 3.92. The fourth-order valence-corrected chi connectivity index (χ4v) is 2.56. The van der Waals surface area contributed by atoms with E-state index in [-0.39, 0.29) is 30.7 Å². The number of carboxylic acids is 1. The molecule has 2 amide bonds. The van der Waals surface area contributed by atoms with E-state index in [0.717, 1.165) is 12.1 Å². The molecule has 1 aromatic carbocycles. The summed E-state index contributed by atoms with van der Waals surface area (Å²) in [6, 6.07) is 4.17. The van der Waals surface area contributed by atoms with Gasteiger partial charge in [-0.2, -0.15) is 0 Å². The Labute approximate surface area is 144 Å². The molecule has 2 N–H and O–H groups in total. The number of hydrogen-bond acceptors (Lipinski definition) is 4. The van der Waals surface area contributed by atoms with Crippen molar-refractivity contribution in [3.8, 4) is 0 Å². The average Bonchev–Trinajstić information content (AvgIpc) is 2.61.